The summed E-state index contributed by atoms with van der Waals surface area (Å²) in [4.78, 5) is 10.4. The Labute approximate surface area is 110 Å². The highest BCUT2D eigenvalue weighted by Crippen LogP contribution is 2.24. The third-order valence-corrected chi connectivity index (χ3v) is 2.57. The summed E-state index contributed by atoms with van der Waals surface area (Å²) >= 11 is 0. The van der Waals surface area contributed by atoms with Crippen LogP contribution in [0.3, 0.4) is 0 Å². The maximum atomic E-state index is 10.4. The van der Waals surface area contributed by atoms with Crippen molar-refractivity contribution in [3.05, 3.63) is 41.5 Å². The molecule has 0 saturated carbocycles. The molecule has 0 amide bonds. The van der Waals surface area contributed by atoms with Gasteiger partial charge >= 0.3 is 0 Å². The smallest absolute Gasteiger partial charge is 0.120 e. The highest BCUT2D eigenvalue weighted by molar-refractivity contribution is 5.61. The molecule has 0 spiro atoms. The standard InChI is InChI=1S/C16H22O2/c1-12-11-14(7-6-10-17)8-9-15(12)13(2)18-16(3,4)5/h8-11H,2,6-7H2,1,3-5H3. The summed E-state index contributed by atoms with van der Waals surface area (Å²) in [5.74, 6) is 0.696. The van der Waals surface area contributed by atoms with Gasteiger partial charge < -0.3 is 9.53 Å². The second-order valence-corrected chi connectivity index (χ2v) is 5.49. The molecule has 2 heteroatoms. The summed E-state index contributed by atoms with van der Waals surface area (Å²) < 4.78 is 5.77. The lowest BCUT2D eigenvalue weighted by Gasteiger charge is -2.23. The van der Waals surface area contributed by atoms with Gasteiger partial charge in [-0.2, -0.15) is 0 Å². The summed E-state index contributed by atoms with van der Waals surface area (Å²) in [6.07, 6.45) is 2.31. The van der Waals surface area contributed by atoms with Gasteiger partial charge in [0.05, 0.1) is 0 Å². The number of aryl methyl sites for hydroxylation is 2. The van der Waals surface area contributed by atoms with Crippen LogP contribution in [0, 0.1) is 6.92 Å². The molecular formula is C16H22O2. The summed E-state index contributed by atoms with van der Waals surface area (Å²) in [5, 5.41) is 0. The number of aldehydes is 1. The number of ether oxygens (including phenoxy) is 1. The Morgan fingerprint density at radius 1 is 1.39 bits per heavy atom. The third kappa shape index (κ3) is 4.36. The Morgan fingerprint density at radius 3 is 2.56 bits per heavy atom. The first-order valence-corrected chi connectivity index (χ1v) is 6.25. The van der Waals surface area contributed by atoms with Crippen molar-refractivity contribution >= 4 is 12.0 Å². The lowest BCUT2D eigenvalue weighted by atomic mass is 10.0. The molecule has 0 atom stereocenters. The molecule has 0 aliphatic heterocycles. The normalized spacial score (nSPS) is 11.1. The largest absolute Gasteiger partial charge is 0.488 e. The van der Waals surface area contributed by atoms with E-state index in [0.29, 0.717) is 12.2 Å². The third-order valence-electron chi connectivity index (χ3n) is 2.57. The van der Waals surface area contributed by atoms with Gasteiger partial charge in [-0.15, -0.1) is 0 Å². The van der Waals surface area contributed by atoms with Crippen LogP contribution in [0.5, 0.6) is 0 Å². The van der Waals surface area contributed by atoms with Crippen molar-refractivity contribution in [1.29, 1.82) is 0 Å². The predicted octanol–water partition coefficient (Wildman–Crippen LogP) is 3.91. The summed E-state index contributed by atoms with van der Waals surface area (Å²) in [7, 11) is 0. The van der Waals surface area contributed by atoms with Crippen LogP contribution in [0.25, 0.3) is 5.76 Å². The van der Waals surface area contributed by atoms with E-state index in [1.54, 1.807) is 0 Å². The van der Waals surface area contributed by atoms with E-state index < -0.39 is 0 Å². The Balaban J connectivity index is 2.85. The molecule has 0 aromatic heterocycles. The van der Waals surface area contributed by atoms with E-state index in [2.05, 4.69) is 12.6 Å². The SMILES string of the molecule is C=C(OC(C)(C)C)c1ccc(CCC=O)cc1C. The van der Waals surface area contributed by atoms with Gasteiger partial charge in [-0.05, 0) is 45.2 Å². The molecule has 0 radical (unpaired) electrons. The summed E-state index contributed by atoms with van der Waals surface area (Å²) in [6, 6.07) is 6.14. The van der Waals surface area contributed by atoms with Crippen LogP contribution in [-0.4, -0.2) is 11.9 Å². The predicted molar refractivity (Wildman–Crippen MR) is 75.4 cm³/mol. The van der Waals surface area contributed by atoms with Gasteiger partial charge in [0.25, 0.3) is 0 Å². The fourth-order valence-electron chi connectivity index (χ4n) is 1.84. The molecule has 0 heterocycles. The second-order valence-electron chi connectivity index (χ2n) is 5.49. The summed E-state index contributed by atoms with van der Waals surface area (Å²) in [6.45, 7) is 12.0. The van der Waals surface area contributed by atoms with E-state index >= 15 is 0 Å². The molecule has 0 N–H and O–H groups in total. The minimum atomic E-state index is -0.236. The molecule has 98 valence electrons. The Hall–Kier alpha value is -1.57. The summed E-state index contributed by atoms with van der Waals surface area (Å²) in [5.41, 5.74) is 3.10. The van der Waals surface area contributed by atoms with Crippen LogP contribution >= 0.6 is 0 Å². The fraction of sp³-hybridized carbons (Fsp3) is 0.438. The van der Waals surface area contributed by atoms with Gasteiger partial charge in [-0.25, -0.2) is 0 Å². The number of hydrogen-bond acceptors (Lipinski definition) is 2. The van der Waals surface area contributed by atoms with E-state index in [0.717, 1.165) is 23.8 Å². The van der Waals surface area contributed by atoms with Crippen LogP contribution < -0.4 is 0 Å². The number of carbonyl (C=O) groups is 1. The monoisotopic (exact) mass is 246 g/mol. The fourth-order valence-corrected chi connectivity index (χ4v) is 1.84. The first kappa shape index (κ1) is 14.5. The van der Waals surface area contributed by atoms with Crippen molar-refractivity contribution in [3.63, 3.8) is 0 Å². The van der Waals surface area contributed by atoms with Crippen LogP contribution in [0.1, 0.15) is 43.9 Å². The van der Waals surface area contributed by atoms with Gasteiger partial charge in [-0.3, -0.25) is 0 Å². The molecule has 1 aromatic carbocycles. The van der Waals surface area contributed by atoms with Crippen molar-refractivity contribution in [2.45, 2.75) is 46.1 Å². The first-order valence-electron chi connectivity index (χ1n) is 6.25. The average Bonchev–Trinajstić information content (AvgIpc) is 2.23. The zero-order valence-electron chi connectivity index (χ0n) is 11.7. The Bertz CT molecular complexity index is 439. The number of benzene rings is 1. The molecule has 0 fully saturated rings. The van der Waals surface area contributed by atoms with E-state index in [-0.39, 0.29) is 5.60 Å². The zero-order chi connectivity index (χ0) is 13.8. The molecule has 0 saturated heterocycles. The van der Waals surface area contributed by atoms with Gasteiger partial charge in [0, 0.05) is 12.0 Å². The molecular weight excluding hydrogens is 224 g/mol. The topological polar surface area (TPSA) is 26.3 Å². The number of rotatable bonds is 5. The van der Waals surface area contributed by atoms with Crippen molar-refractivity contribution < 1.29 is 9.53 Å². The van der Waals surface area contributed by atoms with Crippen molar-refractivity contribution in [2.75, 3.05) is 0 Å². The molecule has 0 unspecified atom stereocenters. The lowest BCUT2D eigenvalue weighted by Crippen LogP contribution is -2.18. The van der Waals surface area contributed by atoms with Gasteiger partial charge in [0.2, 0.25) is 0 Å². The van der Waals surface area contributed by atoms with Gasteiger partial charge in [0.1, 0.15) is 17.6 Å². The number of carbonyl (C=O) groups excluding carboxylic acids is 1. The molecule has 0 aliphatic rings. The van der Waals surface area contributed by atoms with E-state index in [9.17, 15) is 4.79 Å². The van der Waals surface area contributed by atoms with E-state index in [1.807, 2.05) is 39.8 Å². The van der Waals surface area contributed by atoms with Crippen molar-refractivity contribution in [1.82, 2.24) is 0 Å². The molecule has 1 aromatic rings. The first-order chi connectivity index (χ1) is 8.33. The van der Waals surface area contributed by atoms with Crippen molar-refractivity contribution in [2.24, 2.45) is 0 Å². The Kier molecular flexibility index (Phi) is 4.71. The zero-order valence-corrected chi connectivity index (χ0v) is 11.7. The highest BCUT2D eigenvalue weighted by Gasteiger charge is 2.14. The Morgan fingerprint density at radius 2 is 2.06 bits per heavy atom. The minimum Gasteiger partial charge on any atom is -0.488 e. The van der Waals surface area contributed by atoms with Gasteiger partial charge in [-0.1, -0.05) is 24.8 Å². The van der Waals surface area contributed by atoms with Crippen LogP contribution in [-0.2, 0) is 16.0 Å². The van der Waals surface area contributed by atoms with Crippen LogP contribution in [0.15, 0.2) is 24.8 Å². The maximum Gasteiger partial charge on any atom is 0.120 e. The second kappa shape index (κ2) is 5.85. The highest BCUT2D eigenvalue weighted by atomic mass is 16.5. The van der Waals surface area contributed by atoms with Crippen molar-refractivity contribution in [3.8, 4) is 0 Å². The number of hydrogen-bond donors (Lipinski definition) is 0. The quantitative estimate of drug-likeness (QED) is 0.581. The van der Waals surface area contributed by atoms with Crippen LogP contribution in [0.2, 0.25) is 0 Å². The van der Waals surface area contributed by atoms with E-state index in [1.165, 1.54) is 5.56 Å². The molecule has 1 rings (SSSR count). The van der Waals surface area contributed by atoms with Crippen LogP contribution in [0.4, 0.5) is 0 Å². The molecule has 0 bridgehead atoms. The molecule has 18 heavy (non-hydrogen) atoms. The van der Waals surface area contributed by atoms with Gasteiger partial charge in [0.15, 0.2) is 0 Å². The maximum absolute atomic E-state index is 10.4. The molecule has 2 nitrogen and oxygen atoms in total. The minimum absolute atomic E-state index is 0.236. The molecule has 0 aliphatic carbocycles. The van der Waals surface area contributed by atoms with E-state index in [4.69, 9.17) is 4.74 Å². The lowest BCUT2D eigenvalue weighted by molar-refractivity contribution is -0.107. The average molecular weight is 246 g/mol.